The summed E-state index contributed by atoms with van der Waals surface area (Å²) in [6, 6.07) is 2.63. The maximum atomic E-state index is 13.5. The number of rotatable bonds is 4. The minimum atomic E-state index is -4.20. The summed E-state index contributed by atoms with van der Waals surface area (Å²) in [5.74, 6) is -0.533. The number of ether oxygens (including phenoxy) is 1. The number of methoxy groups -OCH3 is 1. The van der Waals surface area contributed by atoms with Crippen LogP contribution in [0.4, 0.5) is 17.6 Å². The lowest BCUT2D eigenvalue weighted by molar-refractivity contribution is -0.135. The van der Waals surface area contributed by atoms with Crippen molar-refractivity contribution in [3.05, 3.63) is 22.7 Å². The number of halogens is 4. The topological polar surface area (TPSA) is 29.9 Å². The highest BCUT2D eigenvalue weighted by atomic mass is 32.1. The van der Waals surface area contributed by atoms with E-state index in [0.717, 1.165) is 0 Å². The molecule has 1 N–H and O–H groups in total. The number of aromatic amines is 1. The zero-order chi connectivity index (χ0) is 14.9. The number of hydrogen-bond donors (Lipinski definition) is 1. The lowest BCUT2D eigenvalue weighted by atomic mass is 10.2. The Balaban J connectivity index is 2.33. The summed E-state index contributed by atoms with van der Waals surface area (Å²) in [5.41, 5.74) is 0.954. The molecule has 0 bridgehead atoms. The number of alkyl halides is 3. The Labute approximate surface area is 117 Å². The highest BCUT2D eigenvalue weighted by molar-refractivity contribution is 7.71. The van der Waals surface area contributed by atoms with Crippen molar-refractivity contribution in [2.45, 2.75) is 25.6 Å². The van der Waals surface area contributed by atoms with Gasteiger partial charge in [0.1, 0.15) is 0 Å². The molecular weight excluding hydrogens is 296 g/mol. The van der Waals surface area contributed by atoms with Crippen LogP contribution >= 0.6 is 12.2 Å². The largest absolute Gasteiger partial charge is 0.494 e. The predicted molar refractivity (Wildman–Crippen MR) is 68.9 cm³/mol. The second kappa shape index (κ2) is 5.43. The van der Waals surface area contributed by atoms with Crippen LogP contribution in [0, 0.1) is 10.6 Å². The van der Waals surface area contributed by atoms with Crippen LogP contribution in [0.3, 0.4) is 0 Å². The number of aryl methyl sites for hydroxylation is 1. The second-order valence-corrected chi connectivity index (χ2v) is 4.69. The molecule has 20 heavy (non-hydrogen) atoms. The van der Waals surface area contributed by atoms with Gasteiger partial charge in [-0.25, -0.2) is 4.39 Å². The van der Waals surface area contributed by atoms with E-state index in [9.17, 15) is 17.6 Å². The zero-order valence-electron chi connectivity index (χ0n) is 10.6. The highest BCUT2D eigenvalue weighted by Crippen LogP contribution is 2.26. The van der Waals surface area contributed by atoms with Gasteiger partial charge in [0.2, 0.25) is 0 Å². The maximum absolute atomic E-state index is 13.5. The van der Waals surface area contributed by atoms with Crippen molar-refractivity contribution >= 4 is 23.3 Å². The molecule has 8 heteroatoms. The highest BCUT2D eigenvalue weighted by Gasteiger charge is 2.26. The molecule has 0 aliphatic rings. The Morgan fingerprint density at radius 2 is 2.05 bits per heavy atom. The van der Waals surface area contributed by atoms with Gasteiger partial charge in [0.25, 0.3) is 0 Å². The molecule has 0 aliphatic heterocycles. The summed E-state index contributed by atoms with van der Waals surface area (Å²) in [5, 5.41) is 0. The van der Waals surface area contributed by atoms with Crippen LogP contribution in [0.1, 0.15) is 12.8 Å². The number of H-pyrrole nitrogens is 1. The Hall–Kier alpha value is -1.57. The van der Waals surface area contributed by atoms with Crippen LogP contribution in [-0.2, 0) is 6.54 Å². The Bertz CT molecular complexity index is 674. The Morgan fingerprint density at radius 3 is 2.65 bits per heavy atom. The first-order chi connectivity index (χ1) is 9.31. The van der Waals surface area contributed by atoms with Crippen molar-refractivity contribution in [1.82, 2.24) is 9.55 Å². The molecule has 0 radical (unpaired) electrons. The first-order valence-electron chi connectivity index (χ1n) is 5.84. The lowest BCUT2D eigenvalue weighted by Gasteiger charge is -2.08. The molecule has 0 spiro atoms. The van der Waals surface area contributed by atoms with E-state index >= 15 is 0 Å². The van der Waals surface area contributed by atoms with Gasteiger partial charge in [0, 0.05) is 25.1 Å². The fourth-order valence-electron chi connectivity index (χ4n) is 1.97. The number of imidazole rings is 1. The molecule has 0 amide bonds. The van der Waals surface area contributed by atoms with E-state index in [1.54, 1.807) is 0 Å². The van der Waals surface area contributed by atoms with Gasteiger partial charge in [0.15, 0.2) is 16.3 Å². The number of hydrogen-bond acceptors (Lipinski definition) is 2. The van der Waals surface area contributed by atoms with Gasteiger partial charge >= 0.3 is 6.18 Å². The lowest BCUT2D eigenvalue weighted by Crippen LogP contribution is -2.09. The number of benzene rings is 1. The van der Waals surface area contributed by atoms with Crippen molar-refractivity contribution in [2.75, 3.05) is 7.11 Å². The number of nitrogens with one attached hydrogen (secondary N) is 1. The number of nitrogens with zero attached hydrogens (tertiary/aromatic N) is 1. The Kier molecular flexibility index (Phi) is 4.03. The standard InChI is InChI=1S/C12H12F4N2OS/c1-19-10-6-9-8(5-7(10)13)17-11(20)18(9)4-2-3-12(14,15)16/h5-6H,2-4H2,1H3,(H,17,20). The molecule has 0 aliphatic carbocycles. The smallest absolute Gasteiger partial charge is 0.389 e. The number of fused-ring (bicyclic) bond motifs is 1. The fourth-order valence-corrected chi connectivity index (χ4v) is 2.27. The summed E-state index contributed by atoms with van der Waals surface area (Å²) in [6.07, 6.45) is -5.18. The molecule has 0 fully saturated rings. The van der Waals surface area contributed by atoms with Crippen LogP contribution in [0.15, 0.2) is 12.1 Å². The van der Waals surface area contributed by atoms with Crippen molar-refractivity contribution < 1.29 is 22.3 Å². The van der Waals surface area contributed by atoms with E-state index in [4.69, 9.17) is 17.0 Å². The normalized spacial score (nSPS) is 12.1. The quantitative estimate of drug-likeness (QED) is 0.678. The van der Waals surface area contributed by atoms with Gasteiger partial charge in [-0.1, -0.05) is 0 Å². The minimum absolute atomic E-state index is 0.0241. The van der Waals surface area contributed by atoms with Crippen LogP contribution in [-0.4, -0.2) is 22.8 Å². The van der Waals surface area contributed by atoms with Gasteiger partial charge in [-0.3, -0.25) is 0 Å². The van der Waals surface area contributed by atoms with Crippen LogP contribution in [0.25, 0.3) is 11.0 Å². The molecule has 1 aromatic heterocycles. The van der Waals surface area contributed by atoms with E-state index in [1.165, 1.54) is 23.8 Å². The fraction of sp³-hybridized carbons (Fsp3) is 0.417. The average molecular weight is 308 g/mol. The first-order valence-corrected chi connectivity index (χ1v) is 6.25. The zero-order valence-corrected chi connectivity index (χ0v) is 11.4. The third kappa shape index (κ3) is 3.12. The summed E-state index contributed by atoms with van der Waals surface area (Å²) >= 11 is 5.05. The molecule has 0 atom stereocenters. The van der Waals surface area contributed by atoms with Crippen molar-refractivity contribution in [1.29, 1.82) is 0 Å². The SMILES string of the molecule is COc1cc2c(cc1F)[nH]c(=S)n2CCCC(F)(F)F. The molecule has 0 saturated heterocycles. The molecule has 1 aromatic carbocycles. The summed E-state index contributed by atoms with van der Waals surface area (Å²) < 4.78 is 56.6. The van der Waals surface area contributed by atoms with Crippen molar-refractivity contribution in [2.24, 2.45) is 0 Å². The van der Waals surface area contributed by atoms with E-state index in [-0.39, 0.29) is 23.5 Å². The van der Waals surface area contributed by atoms with Crippen LogP contribution < -0.4 is 4.74 Å². The maximum Gasteiger partial charge on any atom is 0.389 e. The molecule has 2 aromatic rings. The molecule has 2 rings (SSSR count). The van der Waals surface area contributed by atoms with Gasteiger partial charge in [0.05, 0.1) is 18.1 Å². The summed E-state index contributed by atoms with van der Waals surface area (Å²) in [7, 11) is 1.32. The minimum Gasteiger partial charge on any atom is -0.494 e. The predicted octanol–water partition coefficient (Wildman–Crippen LogP) is 4.19. The van der Waals surface area contributed by atoms with E-state index in [0.29, 0.717) is 11.0 Å². The first kappa shape index (κ1) is 14.8. The second-order valence-electron chi connectivity index (χ2n) is 4.30. The van der Waals surface area contributed by atoms with Gasteiger partial charge in [-0.2, -0.15) is 13.2 Å². The Morgan fingerprint density at radius 1 is 1.35 bits per heavy atom. The van der Waals surface area contributed by atoms with Crippen molar-refractivity contribution in [3.63, 3.8) is 0 Å². The van der Waals surface area contributed by atoms with Crippen LogP contribution in [0.2, 0.25) is 0 Å². The van der Waals surface area contributed by atoms with E-state index in [2.05, 4.69) is 4.98 Å². The summed E-state index contributed by atoms with van der Waals surface area (Å²) in [4.78, 5) is 2.77. The third-order valence-electron chi connectivity index (χ3n) is 2.89. The average Bonchev–Trinajstić information content (AvgIpc) is 2.62. The molecule has 0 saturated carbocycles. The summed E-state index contributed by atoms with van der Waals surface area (Å²) in [6.45, 7) is 0.104. The van der Waals surface area contributed by atoms with E-state index in [1.807, 2.05) is 0 Å². The molecule has 3 nitrogen and oxygen atoms in total. The van der Waals surface area contributed by atoms with Gasteiger partial charge < -0.3 is 14.3 Å². The third-order valence-corrected chi connectivity index (χ3v) is 3.21. The molecular formula is C12H12F4N2OS. The number of aromatic nitrogens is 2. The van der Waals surface area contributed by atoms with Gasteiger partial charge in [-0.15, -0.1) is 0 Å². The van der Waals surface area contributed by atoms with Crippen molar-refractivity contribution in [3.8, 4) is 5.75 Å². The van der Waals surface area contributed by atoms with Gasteiger partial charge in [-0.05, 0) is 18.6 Å². The molecule has 0 unspecified atom stereocenters. The molecule has 110 valence electrons. The van der Waals surface area contributed by atoms with E-state index < -0.39 is 18.4 Å². The monoisotopic (exact) mass is 308 g/mol. The van der Waals surface area contributed by atoms with Crippen LogP contribution in [0.5, 0.6) is 5.75 Å². The molecule has 1 heterocycles.